The number of hydrogen-bond donors (Lipinski definition) is 0. The molecule has 0 fully saturated rings. The van der Waals surface area contributed by atoms with Crippen molar-refractivity contribution in [2.45, 2.75) is 26.0 Å². The normalized spacial score (nSPS) is 12.0. The average Bonchev–Trinajstić information content (AvgIpc) is 2.87. The van der Waals surface area contributed by atoms with Gasteiger partial charge in [-0.05, 0) is 29.7 Å². The fourth-order valence-electron chi connectivity index (χ4n) is 3.25. The van der Waals surface area contributed by atoms with Crippen LogP contribution in [0.15, 0.2) is 42.7 Å². The van der Waals surface area contributed by atoms with E-state index in [0.717, 1.165) is 23.2 Å². The maximum atomic E-state index is 11.9. The van der Waals surface area contributed by atoms with Gasteiger partial charge in [-0.1, -0.05) is 32.0 Å². The number of rotatable bonds is 5. The van der Waals surface area contributed by atoms with Crippen LogP contribution in [-0.4, -0.2) is 23.7 Å². The molecule has 0 aliphatic carbocycles. The van der Waals surface area contributed by atoms with Crippen molar-refractivity contribution >= 4 is 20.7 Å². The van der Waals surface area contributed by atoms with Crippen LogP contribution < -0.4 is 0 Å². The molecule has 126 valence electrons. The average molecular weight is 342 g/mol. The van der Waals surface area contributed by atoms with E-state index in [1.807, 2.05) is 31.4 Å². The van der Waals surface area contributed by atoms with E-state index in [9.17, 15) is 8.42 Å². The SMILES string of the molecule is CCc1c(-c2cncc(CS(=O)(=O)CC)c2)n(C)c2ccccc12. The predicted molar refractivity (Wildman–Crippen MR) is 98.7 cm³/mol. The first kappa shape index (κ1) is 16.7. The summed E-state index contributed by atoms with van der Waals surface area (Å²) < 4.78 is 26.0. The maximum absolute atomic E-state index is 11.9. The highest BCUT2D eigenvalue weighted by atomic mass is 32.2. The standard InChI is InChI=1S/C19H22N2O2S/c1-4-16-17-8-6-7-9-18(17)21(3)19(16)15-10-14(11-20-12-15)13-24(22,23)5-2/h6-12H,4-5,13H2,1-3H3. The van der Waals surface area contributed by atoms with Gasteiger partial charge in [0, 0.05) is 41.7 Å². The number of sulfone groups is 1. The van der Waals surface area contributed by atoms with E-state index in [1.165, 1.54) is 16.5 Å². The molecular formula is C19H22N2O2S. The molecule has 0 unspecified atom stereocenters. The summed E-state index contributed by atoms with van der Waals surface area (Å²) in [7, 11) is -1.02. The lowest BCUT2D eigenvalue weighted by Gasteiger charge is -2.09. The summed E-state index contributed by atoms with van der Waals surface area (Å²) in [4.78, 5) is 4.29. The summed E-state index contributed by atoms with van der Waals surface area (Å²) in [5, 5.41) is 1.24. The van der Waals surface area contributed by atoms with E-state index in [0.29, 0.717) is 0 Å². The molecule has 3 aromatic rings. The van der Waals surface area contributed by atoms with Gasteiger partial charge in [0.05, 0.1) is 11.4 Å². The van der Waals surface area contributed by atoms with Crippen LogP contribution in [0.4, 0.5) is 0 Å². The summed E-state index contributed by atoms with van der Waals surface area (Å²) in [5.74, 6) is 0.182. The molecule has 0 bridgehead atoms. The Kier molecular flexibility index (Phi) is 4.45. The number of pyridine rings is 1. The molecule has 0 N–H and O–H groups in total. The van der Waals surface area contributed by atoms with Crippen molar-refractivity contribution in [3.63, 3.8) is 0 Å². The minimum absolute atomic E-state index is 0.0374. The first-order valence-electron chi connectivity index (χ1n) is 8.17. The third-order valence-corrected chi connectivity index (χ3v) is 6.11. The Labute approximate surface area is 143 Å². The largest absolute Gasteiger partial charge is 0.343 e. The lowest BCUT2D eigenvalue weighted by molar-refractivity contribution is 0.596. The Morgan fingerprint density at radius 1 is 1.12 bits per heavy atom. The Hall–Kier alpha value is -2.14. The molecule has 1 aromatic carbocycles. The monoisotopic (exact) mass is 342 g/mol. The van der Waals surface area contributed by atoms with Gasteiger partial charge in [0.1, 0.15) is 0 Å². The zero-order chi connectivity index (χ0) is 17.3. The molecular weight excluding hydrogens is 320 g/mol. The van der Waals surface area contributed by atoms with Crippen LogP contribution in [0.5, 0.6) is 0 Å². The van der Waals surface area contributed by atoms with Gasteiger partial charge in [-0.15, -0.1) is 0 Å². The highest BCUT2D eigenvalue weighted by Crippen LogP contribution is 2.33. The van der Waals surface area contributed by atoms with Gasteiger partial charge in [-0.25, -0.2) is 8.42 Å². The molecule has 0 aliphatic heterocycles. The predicted octanol–water partition coefficient (Wildman–Crippen LogP) is 3.74. The second-order valence-corrected chi connectivity index (χ2v) is 8.37. The van der Waals surface area contributed by atoms with Crippen molar-refractivity contribution in [1.82, 2.24) is 9.55 Å². The van der Waals surface area contributed by atoms with Crippen LogP contribution in [0.1, 0.15) is 25.0 Å². The maximum Gasteiger partial charge on any atom is 0.154 e. The van der Waals surface area contributed by atoms with Crippen LogP contribution >= 0.6 is 0 Å². The van der Waals surface area contributed by atoms with Crippen LogP contribution in [0.25, 0.3) is 22.2 Å². The second kappa shape index (κ2) is 6.40. The zero-order valence-electron chi connectivity index (χ0n) is 14.3. The summed E-state index contributed by atoms with van der Waals surface area (Å²) in [5.41, 5.74) is 5.26. The smallest absolute Gasteiger partial charge is 0.154 e. The molecule has 0 saturated heterocycles. The summed E-state index contributed by atoms with van der Waals surface area (Å²) in [6.07, 6.45) is 4.37. The molecule has 5 heteroatoms. The van der Waals surface area contributed by atoms with Gasteiger partial charge in [-0.3, -0.25) is 4.98 Å². The molecule has 3 rings (SSSR count). The number of fused-ring (bicyclic) bond motifs is 1. The molecule has 0 spiro atoms. The van der Waals surface area contributed by atoms with Crippen LogP contribution in [0, 0.1) is 0 Å². The van der Waals surface area contributed by atoms with Gasteiger partial charge in [0.2, 0.25) is 0 Å². The third kappa shape index (κ3) is 2.96. The number of para-hydroxylation sites is 1. The Balaban J connectivity index is 2.16. The Morgan fingerprint density at radius 3 is 2.58 bits per heavy atom. The van der Waals surface area contributed by atoms with E-state index < -0.39 is 9.84 Å². The number of hydrogen-bond acceptors (Lipinski definition) is 3. The van der Waals surface area contributed by atoms with E-state index in [4.69, 9.17) is 0 Å². The lowest BCUT2D eigenvalue weighted by atomic mass is 10.0. The van der Waals surface area contributed by atoms with Gasteiger partial charge < -0.3 is 4.57 Å². The first-order valence-corrected chi connectivity index (χ1v) is 10.00. The van der Waals surface area contributed by atoms with Crippen molar-refractivity contribution < 1.29 is 8.42 Å². The number of nitrogens with zero attached hydrogens (tertiary/aromatic N) is 2. The zero-order valence-corrected chi connectivity index (χ0v) is 15.1. The van der Waals surface area contributed by atoms with E-state index in [-0.39, 0.29) is 11.5 Å². The number of benzene rings is 1. The summed E-state index contributed by atoms with van der Waals surface area (Å²) >= 11 is 0. The molecule has 0 atom stereocenters. The minimum atomic E-state index is -3.07. The van der Waals surface area contributed by atoms with Crippen molar-refractivity contribution in [3.05, 3.63) is 53.9 Å². The van der Waals surface area contributed by atoms with Gasteiger partial charge in [-0.2, -0.15) is 0 Å². The Morgan fingerprint density at radius 2 is 1.88 bits per heavy atom. The van der Waals surface area contributed by atoms with E-state index >= 15 is 0 Å². The van der Waals surface area contributed by atoms with Crippen molar-refractivity contribution in [1.29, 1.82) is 0 Å². The summed E-state index contributed by atoms with van der Waals surface area (Å²) in [6, 6.07) is 10.3. The van der Waals surface area contributed by atoms with Crippen molar-refractivity contribution in [3.8, 4) is 11.3 Å². The van der Waals surface area contributed by atoms with Gasteiger partial charge in [0.15, 0.2) is 9.84 Å². The van der Waals surface area contributed by atoms with Gasteiger partial charge >= 0.3 is 0 Å². The third-order valence-electron chi connectivity index (χ3n) is 4.46. The molecule has 0 aliphatic rings. The molecule has 0 radical (unpaired) electrons. The molecule has 2 aromatic heterocycles. The quantitative estimate of drug-likeness (QED) is 0.710. The number of aryl methyl sites for hydroxylation is 2. The fourth-order valence-corrected chi connectivity index (χ4v) is 4.12. The van der Waals surface area contributed by atoms with Crippen molar-refractivity contribution in [2.75, 3.05) is 5.75 Å². The topological polar surface area (TPSA) is 52.0 Å². The van der Waals surface area contributed by atoms with Crippen LogP contribution in [0.3, 0.4) is 0 Å². The molecule has 0 saturated carbocycles. The molecule has 2 heterocycles. The van der Waals surface area contributed by atoms with E-state index in [1.54, 1.807) is 13.1 Å². The fraction of sp³-hybridized carbons (Fsp3) is 0.316. The highest BCUT2D eigenvalue weighted by Gasteiger charge is 2.16. The summed E-state index contributed by atoms with van der Waals surface area (Å²) in [6.45, 7) is 3.82. The first-order chi connectivity index (χ1) is 11.5. The van der Waals surface area contributed by atoms with Gasteiger partial charge in [0.25, 0.3) is 0 Å². The molecule has 24 heavy (non-hydrogen) atoms. The molecule has 0 amide bonds. The minimum Gasteiger partial charge on any atom is -0.343 e. The second-order valence-electron chi connectivity index (χ2n) is 6.02. The van der Waals surface area contributed by atoms with Crippen LogP contribution in [0.2, 0.25) is 0 Å². The highest BCUT2D eigenvalue weighted by molar-refractivity contribution is 7.90. The number of aromatic nitrogens is 2. The van der Waals surface area contributed by atoms with E-state index in [2.05, 4.69) is 28.6 Å². The van der Waals surface area contributed by atoms with Crippen molar-refractivity contribution in [2.24, 2.45) is 7.05 Å². The molecule has 4 nitrogen and oxygen atoms in total. The lowest BCUT2D eigenvalue weighted by Crippen LogP contribution is -2.07. The van der Waals surface area contributed by atoms with Crippen LogP contribution in [-0.2, 0) is 29.1 Å². The Bertz CT molecular complexity index is 988.